The molecule has 5 rings (SSSR count). The summed E-state index contributed by atoms with van der Waals surface area (Å²) < 4.78 is 19.8. The zero-order chi connectivity index (χ0) is 36.8. The predicted molar refractivity (Wildman–Crippen MR) is 195 cm³/mol. The van der Waals surface area contributed by atoms with Crippen molar-refractivity contribution in [2.24, 2.45) is 0 Å². The summed E-state index contributed by atoms with van der Waals surface area (Å²) in [5, 5.41) is 14.5. The van der Waals surface area contributed by atoms with Gasteiger partial charge in [-0.1, -0.05) is 49.7 Å². The molecule has 3 heterocycles. The third-order valence-electron chi connectivity index (χ3n) is 8.36. The molecule has 0 amide bonds. The van der Waals surface area contributed by atoms with Crippen LogP contribution in [0.15, 0.2) is 71.8 Å². The first kappa shape index (κ1) is 36.6. The number of carbonyl (C=O) groups is 1. The van der Waals surface area contributed by atoms with Crippen LogP contribution in [0.25, 0.3) is 5.69 Å². The minimum absolute atomic E-state index is 0.0628. The first-order valence-electron chi connectivity index (χ1n) is 16.4. The van der Waals surface area contributed by atoms with Crippen LogP contribution in [-0.4, -0.2) is 65.2 Å². The monoisotopic (exact) mass is 709 g/mol. The molecule has 0 saturated carbocycles. The molecule has 0 saturated heterocycles. The van der Waals surface area contributed by atoms with Crippen LogP contribution in [0.1, 0.15) is 76.6 Å². The molecule has 1 atom stereocenters. The van der Waals surface area contributed by atoms with Gasteiger partial charge in [0.2, 0.25) is 11.8 Å². The highest BCUT2D eigenvalue weighted by atomic mass is 35.5. The summed E-state index contributed by atoms with van der Waals surface area (Å²) in [6.45, 7) is 6.18. The third kappa shape index (κ3) is 7.89. The van der Waals surface area contributed by atoms with Crippen LogP contribution in [0.2, 0.25) is 5.02 Å². The molecule has 51 heavy (non-hydrogen) atoms. The highest BCUT2D eigenvalue weighted by molar-refractivity contribution is 6.30. The van der Waals surface area contributed by atoms with Gasteiger partial charge in [-0.3, -0.25) is 4.79 Å². The second-order valence-corrected chi connectivity index (χ2v) is 12.8. The Morgan fingerprint density at radius 1 is 1.04 bits per heavy atom. The molecular weight excluding hydrogens is 670 g/mol. The molecule has 12 nitrogen and oxygen atoms in total. The fourth-order valence-electron chi connectivity index (χ4n) is 5.96. The normalized spacial score (nSPS) is 11.6. The number of hydrogen-bond donors (Lipinski definition) is 0. The first-order valence-corrected chi connectivity index (χ1v) is 16.8. The zero-order valence-electron chi connectivity index (χ0n) is 29.7. The van der Waals surface area contributed by atoms with E-state index >= 15 is 0 Å². The summed E-state index contributed by atoms with van der Waals surface area (Å²) in [4.78, 5) is 37.9. The lowest BCUT2D eigenvalue weighted by Gasteiger charge is -2.23. The van der Waals surface area contributed by atoms with Crippen LogP contribution in [0.4, 0.5) is 5.95 Å². The Morgan fingerprint density at radius 3 is 2.33 bits per heavy atom. The molecule has 13 heteroatoms. The molecule has 0 bridgehead atoms. The van der Waals surface area contributed by atoms with E-state index in [-0.39, 0.29) is 41.2 Å². The molecule has 0 spiro atoms. The van der Waals surface area contributed by atoms with E-state index in [0.717, 1.165) is 16.7 Å². The van der Waals surface area contributed by atoms with E-state index in [4.69, 9.17) is 30.9 Å². The lowest BCUT2D eigenvalue weighted by atomic mass is 9.82. The second kappa shape index (κ2) is 15.9. The van der Waals surface area contributed by atoms with E-state index in [1.807, 2.05) is 64.3 Å². The fraction of sp³-hybridized carbons (Fsp3) is 0.316. The average Bonchev–Trinajstić information content (AvgIpc) is 3.53. The lowest BCUT2D eigenvalue weighted by Crippen LogP contribution is -2.22. The summed E-state index contributed by atoms with van der Waals surface area (Å²) in [6.07, 6.45) is 3.72. The number of rotatable bonds is 13. The molecule has 3 aromatic heterocycles. The molecule has 0 aliphatic carbocycles. The SMILES string of the molecule is CCOC(=O)c1nn(-c2cnc(N(C)C)nc2OC)c(C(C)C)c1C(Cc1cc(Cl)c(=O)n(Cc2ccc(OC)cc2)c1)c1ccc(C#N)cc1. The highest BCUT2D eigenvalue weighted by Gasteiger charge is 2.34. The summed E-state index contributed by atoms with van der Waals surface area (Å²) >= 11 is 6.59. The number of esters is 1. The van der Waals surface area contributed by atoms with Gasteiger partial charge in [-0.15, -0.1) is 0 Å². The van der Waals surface area contributed by atoms with Crippen LogP contribution >= 0.6 is 11.6 Å². The van der Waals surface area contributed by atoms with Crippen LogP contribution in [0.3, 0.4) is 0 Å². The number of ether oxygens (including phenoxy) is 3. The number of nitrogens with zero attached hydrogens (tertiary/aromatic N) is 7. The maximum absolute atomic E-state index is 13.8. The molecule has 0 aliphatic heterocycles. The van der Waals surface area contributed by atoms with Gasteiger partial charge in [-0.2, -0.15) is 15.3 Å². The number of benzene rings is 2. The molecular formula is C38H40ClN7O5. The second-order valence-electron chi connectivity index (χ2n) is 12.4. The minimum atomic E-state index is -0.598. The molecule has 0 N–H and O–H groups in total. The standard InChI is InChI=1S/C38H40ClN7O5/c1-8-51-37(48)33-32(34(23(2)3)46(43-33)31-20-41-38(44(4)5)42-35(31)50-7)29(27-13-9-24(19-40)10-14-27)17-26-18-30(39)36(47)45(22-26)21-25-11-15-28(49-6)16-12-25/h9-16,18,20,22-23,29H,8,17,21H2,1-7H3. The van der Waals surface area contributed by atoms with Gasteiger partial charge in [0, 0.05) is 31.8 Å². The number of methoxy groups -OCH3 is 2. The van der Waals surface area contributed by atoms with Crippen LogP contribution < -0.4 is 19.9 Å². The van der Waals surface area contributed by atoms with Crippen molar-refractivity contribution in [2.45, 2.75) is 45.6 Å². The van der Waals surface area contributed by atoms with Crippen molar-refractivity contribution in [3.05, 3.63) is 122 Å². The molecule has 0 aliphatic rings. The van der Waals surface area contributed by atoms with Crippen LogP contribution in [0.5, 0.6) is 11.6 Å². The van der Waals surface area contributed by atoms with Crippen molar-refractivity contribution >= 4 is 23.5 Å². The predicted octanol–water partition coefficient (Wildman–Crippen LogP) is 6.16. The van der Waals surface area contributed by atoms with E-state index < -0.39 is 11.9 Å². The Morgan fingerprint density at radius 2 is 1.75 bits per heavy atom. The number of aromatic nitrogens is 5. The quantitative estimate of drug-likeness (QED) is 0.131. The van der Waals surface area contributed by atoms with Crippen LogP contribution in [0, 0.1) is 11.3 Å². The number of hydrogen-bond acceptors (Lipinski definition) is 10. The number of anilines is 1. The Labute approximate surface area is 301 Å². The maximum Gasteiger partial charge on any atom is 0.359 e. The van der Waals surface area contributed by atoms with Gasteiger partial charge in [-0.25, -0.2) is 14.5 Å². The van der Waals surface area contributed by atoms with Crippen molar-refractivity contribution in [3.8, 4) is 23.4 Å². The summed E-state index contributed by atoms with van der Waals surface area (Å²) in [6, 6.07) is 18.5. The Kier molecular flexibility index (Phi) is 11.4. The highest BCUT2D eigenvalue weighted by Crippen LogP contribution is 2.39. The lowest BCUT2D eigenvalue weighted by molar-refractivity contribution is 0.0517. The Balaban J connectivity index is 1.74. The van der Waals surface area contributed by atoms with Gasteiger partial charge >= 0.3 is 5.97 Å². The van der Waals surface area contributed by atoms with Crippen molar-refractivity contribution in [1.82, 2.24) is 24.3 Å². The van der Waals surface area contributed by atoms with Gasteiger partial charge < -0.3 is 23.7 Å². The van der Waals surface area contributed by atoms with Gasteiger partial charge in [0.25, 0.3) is 5.56 Å². The molecule has 264 valence electrons. The largest absolute Gasteiger partial charge is 0.497 e. The number of pyridine rings is 1. The van der Waals surface area contributed by atoms with Gasteiger partial charge in [0.05, 0.1) is 50.9 Å². The topological polar surface area (TPSA) is 137 Å². The van der Waals surface area contributed by atoms with E-state index in [1.165, 1.54) is 7.11 Å². The Hall–Kier alpha value is -5.67. The number of halogens is 1. The fourth-order valence-corrected chi connectivity index (χ4v) is 6.21. The summed E-state index contributed by atoms with van der Waals surface area (Å²) in [5.41, 5.74) is 4.50. The molecule has 0 fully saturated rings. The van der Waals surface area contributed by atoms with Crippen molar-refractivity contribution in [2.75, 3.05) is 39.8 Å². The smallest absolute Gasteiger partial charge is 0.359 e. The molecule has 1 unspecified atom stereocenters. The maximum atomic E-state index is 13.8. The van der Waals surface area contributed by atoms with Crippen molar-refractivity contribution in [1.29, 1.82) is 5.26 Å². The van der Waals surface area contributed by atoms with E-state index in [9.17, 15) is 14.9 Å². The van der Waals surface area contributed by atoms with Gasteiger partial charge in [-0.05, 0) is 66.3 Å². The van der Waals surface area contributed by atoms with Crippen molar-refractivity contribution < 1.29 is 19.0 Å². The van der Waals surface area contributed by atoms with E-state index in [0.29, 0.717) is 40.6 Å². The number of carbonyl (C=O) groups excluding carboxylic acids is 1. The van der Waals surface area contributed by atoms with Crippen LogP contribution in [-0.2, 0) is 17.7 Å². The van der Waals surface area contributed by atoms with E-state index in [2.05, 4.69) is 16.0 Å². The Bertz CT molecular complexity index is 2120. The molecule has 5 aromatic rings. The van der Waals surface area contributed by atoms with Gasteiger partial charge in [0.15, 0.2) is 5.69 Å². The first-order chi connectivity index (χ1) is 24.5. The molecule has 0 radical (unpaired) electrons. The summed E-state index contributed by atoms with van der Waals surface area (Å²) in [5.74, 6) is 0.157. The van der Waals surface area contributed by atoms with Crippen molar-refractivity contribution in [3.63, 3.8) is 0 Å². The van der Waals surface area contributed by atoms with E-state index in [1.54, 1.807) is 58.8 Å². The zero-order valence-corrected chi connectivity index (χ0v) is 30.4. The average molecular weight is 710 g/mol. The van der Waals surface area contributed by atoms with Gasteiger partial charge in [0.1, 0.15) is 16.5 Å². The summed E-state index contributed by atoms with van der Waals surface area (Å²) in [7, 11) is 6.77. The molecule has 2 aromatic carbocycles. The minimum Gasteiger partial charge on any atom is -0.497 e. The number of nitriles is 1. The third-order valence-corrected chi connectivity index (χ3v) is 8.63.